The number of carbonyl (C=O) groups is 3. The lowest BCUT2D eigenvalue weighted by Gasteiger charge is -2.42. The van der Waals surface area contributed by atoms with Crippen LogP contribution in [0.15, 0.2) is 12.1 Å². The van der Waals surface area contributed by atoms with Gasteiger partial charge in [0.25, 0.3) is 0 Å². The second-order valence-electron chi connectivity index (χ2n) is 8.58. The van der Waals surface area contributed by atoms with Crippen molar-refractivity contribution in [3.8, 4) is 11.5 Å². The molecule has 3 atom stereocenters. The number of carbonyl (C=O) groups excluding carboxylic acids is 2. The van der Waals surface area contributed by atoms with Gasteiger partial charge < -0.3 is 34.5 Å². The summed E-state index contributed by atoms with van der Waals surface area (Å²) in [6.45, 7) is 5.52. The number of fused-ring (bicyclic) bond motifs is 3. The summed E-state index contributed by atoms with van der Waals surface area (Å²) < 4.78 is 15.9. The fourth-order valence-electron chi connectivity index (χ4n) is 4.54. The summed E-state index contributed by atoms with van der Waals surface area (Å²) in [7, 11) is 4.39. The van der Waals surface area contributed by atoms with E-state index in [0.717, 1.165) is 22.2 Å². The summed E-state index contributed by atoms with van der Waals surface area (Å²) in [5.74, 6) is 0.256. The maximum Gasteiger partial charge on any atom is 0.405 e. The van der Waals surface area contributed by atoms with E-state index in [9.17, 15) is 14.4 Å². The van der Waals surface area contributed by atoms with Crippen molar-refractivity contribution in [2.75, 3.05) is 21.3 Å². The van der Waals surface area contributed by atoms with Gasteiger partial charge >= 0.3 is 12.1 Å². The molecular formula is C23H31N3O7. The van der Waals surface area contributed by atoms with Crippen LogP contribution < -0.4 is 14.8 Å². The van der Waals surface area contributed by atoms with Crippen molar-refractivity contribution in [2.24, 2.45) is 5.92 Å². The van der Waals surface area contributed by atoms with Gasteiger partial charge in [-0.05, 0) is 30.9 Å². The first-order valence-electron chi connectivity index (χ1n) is 10.8. The molecule has 10 nitrogen and oxygen atoms in total. The third kappa shape index (κ3) is 4.55. The smallest absolute Gasteiger partial charge is 0.405 e. The van der Waals surface area contributed by atoms with E-state index in [1.807, 2.05) is 26.0 Å². The molecule has 180 valence electrons. The van der Waals surface area contributed by atoms with Crippen molar-refractivity contribution in [1.29, 1.82) is 0 Å². The van der Waals surface area contributed by atoms with Crippen molar-refractivity contribution in [3.63, 3.8) is 0 Å². The minimum Gasteiger partial charge on any atom is -0.493 e. The molecule has 0 saturated heterocycles. The molecule has 1 aliphatic rings. The maximum absolute atomic E-state index is 13.4. The van der Waals surface area contributed by atoms with Crippen molar-refractivity contribution in [3.05, 3.63) is 23.4 Å². The number of hydrogen-bond acceptors (Lipinski definition) is 6. The highest BCUT2D eigenvalue weighted by molar-refractivity contribution is 5.93. The number of aromatic nitrogens is 1. The molecule has 10 heteroatoms. The molecule has 3 unspecified atom stereocenters. The zero-order chi connectivity index (χ0) is 24.4. The molecule has 0 fully saturated rings. The average molecular weight is 462 g/mol. The zero-order valence-corrected chi connectivity index (χ0v) is 19.7. The van der Waals surface area contributed by atoms with Crippen LogP contribution in [0.5, 0.6) is 11.5 Å². The number of esters is 1. The van der Waals surface area contributed by atoms with Gasteiger partial charge in [0.05, 0.1) is 27.4 Å². The highest BCUT2D eigenvalue weighted by Crippen LogP contribution is 2.43. The third-order valence-electron chi connectivity index (χ3n) is 5.98. The van der Waals surface area contributed by atoms with E-state index in [1.54, 1.807) is 14.2 Å². The largest absolute Gasteiger partial charge is 0.493 e. The monoisotopic (exact) mass is 461 g/mol. The molecule has 0 radical (unpaired) electrons. The number of hydrogen-bond donors (Lipinski definition) is 3. The maximum atomic E-state index is 13.4. The van der Waals surface area contributed by atoms with Gasteiger partial charge in [0, 0.05) is 29.1 Å². The number of aromatic amines is 1. The molecule has 1 aromatic carbocycles. The lowest BCUT2D eigenvalue weighted by molar-refractivity contribution is -0.157. The molecule has 33 heavy (non-hydrogen) atoms. The molecular weight excluding hydrogens is 430 g/mol. The predicted molar refractivity (Wildman–Crippen MR) is 121 cm³/mol. The van der Waals surface area contributed by atoms with Crippen molar-refractivity contribution >= 4 is 28.9 Å². The Labute approximate surface area is 192 Å². The van der Waals surface area contributed by atoms with Gasteiger partial charge in [0.2, 0.25) is 5.91 Å². The number of carboxylic acid groups (broad SMARTS) is 1. The Bertz CT molecular complexity index is 1060. The van der Waals surface area contributed by atoms with E-state index in [0.29, 0.717) is 17.9 Å². The Morgan fingerprint density at radius 3 is 2.33 bits per heavy atom. The number of amides is 2. The van der Waals surface area contributed by atoms with Crippen LogP contribution >= 0.6 is 0 Å². The molecule has 3 N–H and O–H groups in total. The van der Waals surface area contributed by atoms with Crippen LogP contribution in [0, 0.1) is 5.92 Å². The Kier molecular flexibility index (Phi) is 7.04. The second kappa shape index (κ2) is 9.60. The number of benzene rings is 1. The molecule has 2 amide bonds. The minimum atomic E-state index is -1.31. The number of methoxy groups -OCH3 is 3. The van der Waals surface area contributed by atoms with Crippen LogP contribution in [0.2, 0.25) is 0 Å². The highest BCUT2D eigenvalue weighted by Gasteiger charge is 2.44. The summed E-state index contributed by atoms with van der Waals surface area (Å²) in [5, 5.41) is 12.2. The third-order valence-corrected chi connectivity index (χ3v) is 5.98. The van der Waals surface area contributed by atoms with Crippen LogP contribution in [0.1, 0.15) is 44.5 Å². The Hall–Kier alpha value is -3.43. The lowest BCUT2D eigenvalue weighted by atomic mass is 9.87. The standard InChI is InChI=1S/C23H31N3O7/c1-11(2)7-16-20-14(13-9-18(31-4)19(32-5)10-15(13)25-20)8-17(22(28)33-6)26(16)21(27)12(3)24-23(29)30/h9-12,16-17,24-25H,7-8H2,1-6H3,(H,29,30). The van der Waals surface area contributed by atoms with Gasteiger partial charge in [-0.2, -0.15) is 0 Å². The van der Waals surface area contributed by atoms with Gasteiger partial charge in [0.1, 0.15) is 12.1 Å². The van der Waals surface area contributed by atoms with Crippen LogP contribution in [-0.4, -0.2) is 66.4 Å². The molecule has 1 aliphatic heterocycles. The molecule has 0 saturated carbocycles. The van der Waals surface area contributed by atoms with E-state index in [1.165, 1.54) is 18.9 Å². The normalized spacial score (nSPS) is 18.6. The first-order chi connectivity index (χ1) is 15.6. The van der Waals surface area contributed by atoms with Gasteiger partial charge in [-0.1, -0.05) is 13.8 Å². The summed E-state index contributed by atoms with van der Waals surface area (Å²) in [6.07, 6.45) is -0.529. The fourth-order valence-corrected chi connectivity index (χ4v) is 4.54. The van der Waals surface area contributed by atoms with Crippen LogP contribution in [0.25, 0.3) is 10.9 Å². The van der Waals surface area contributed by atoms with Gasteiger partial charge in [0.15, 0.2) is 11.5 Å². The van der Waals surface area contributed by atoms with Crippen LogP contribution in [-0.2, 0) is 20.7 Å². The van der Waals surface area contributed by atoms with E-state index < -0.39 is 36.1 Å². The van der Waals surface area contributed by atoms with E-state index in [4.69, 9.17) is 19.3 Å². The Morgan fingerprint density at radius 2 is 1.79 bits per heavy atom. The van der Waals surface area contributed by atoms with Crippen LogP contribution in [0.4, 0.5) is 4.79 Å². The van der Waals surface area contributed by atoms with Gasteiger partial charge in [-0.3, -0.25) is 4.79 Å². The molecule has 2 aromatic rings. The molecule has 3 rings (SSSR count). The van der Waals surface area contributed by atoms with E-state index in [2.05, 4.69) is 10.3 Å². The SMILES string of the molecule is COC(=O)C1Cc2c([nH]c3cc(OC)c(OC)cc23)C(CC(C)C)N1C(=O)C(C)NC(=O)O. The summed E-state index contributed by atoms with van der Waals surface area (Å²) in [6, 6.07) is 1.27. The Balaban J connectivity index is 2.21. The zero-order valence-electron chi connectivity index (χ0n) is 19.7. The molecule has 0 bridgehead atoms. The summed E-state index contributed by atoms with van der Waals surface area (Å²) in [5.41, 5.74) is 2.50. The Morgan fingerprint density at radius 1 is 1.15 bits per heavy atom. The van der Waals surface area contributed by atoms with E-state index in [-0.39, 0.29) is 12.3 Å². The average Bonchev–Trinajstić information content (AvgIpc) is 3.13. The van der Waals surface area contributed by atoms with Crippen molar-refractivity contribution in [1.82, 2.24) is 15.2 Å². The summed E-state index contributed by atoms with van der Waals surface area (Å²) in [4.78, 5) is 42.3. The topological polar surface area (TPSA) is 130 Å². The van der Waals surface area contributed by atoms with Gasteiger partial charge in [-0.25, -0.2) is 9.59 Å². The van der Waals surface area contributed by atoms with Gasteiger partial charge in [-0.15, -0.1) is 0 Å². The number of nitrogens with one attached hydrogen (secondary N) is 2. The number of nitrogens with zero attached hydrogens (tertiary/aromatic N) is 1. The number of ether oxygens (including phenoxy) is 3. The van der Waals surface area contributed by atoms with E-state index >= 15 is 0 Å². The minimum absolute atomic E-state index is 0.188. The second-order valence-corrected chi connectivity index (χ2v) is 8.58. The molecule has 0 aliphatic carbocycles. The quantitative estimate of drug-likeness (QED) is 0.541. The summed E-state index contributed by atoms with van der Waals surface area (Å²) >= 11 is 0. The molecule has 2 heterocycles. The molecule has 1 aromatic heterocycles. The molecule has 0 spiro atoms. The fraction of sp³-hybridized carbons (Fsp3) is 0.522. The number of H-pyrrole nitrogens is 1. The number of rotatable bonds is 7. The lowest BCUT2D eigenvalue weighted by Crippen LogP contribution is -2.57. The van der Waals surface area contributed by atoms with Crippen molar-refractivity contribution in [2.45, 2.75) is 51.7 Å². The van der Waals surface area contributed by atoms with Crippen molar-refractivity contribution < 1.29 is 33.7 Å². The first kappa shape index (κ1) is 24.2. The first-order valence-corrected chi connectivity index (χ1v) is 10.8. The predicted octanol–water partition coefficient (Wildman–Crippen LogP) is 2.85. The van der Waals surface area contributed by atoms with Crippen LogP contribution in [0.3, 0.4) is 0 Å². The highest BCUT2D eigenvalue weighted by atomic mass is 16.5.